The van der Waals surface area contributed by atoms with Crippen molar-refractivity contribution in [1.29, 1.82) is 0 Å². The smallest absolute Gasteiger partial charge is 0.119 e. The summed E-state index contributed by atoms with van der Waals surface area (Å²) in [6.45, 7) is 0. The third-order valence-electron chi connectivity index (χ3n) is 4.76. The quantitative estimate of drug-likeness (QED) is 0.603. The zero-order valence-corrected chi connectivity index (χ0v) is 18.0. The van der Waals surface area contributed by atoms with Crippen LogP contribution in [0, 0.1) is 10.2 Å². The van der Waals surface area contributed by atoms with Gasteiger partial charge in [0.05, 0.1) is 50.4 Å². The van der Waals surface area contributed by atoms with Crippen molar-refractivity contribution in [2.75, 3.05) is 31.0 Å². The lowest BCUT2D eigenvalue weighted by molar-refractivity contribution is -1.92. The second kappa shape index (κ2) is 9.34. The first-order valence-corrected chi connectivity index (χ1v) is 10.5. The topological polar surface area (TPSA) is 117 Å². The van der Waals surface area contributed by atoms with Crippen molar-refractivity contribution in [2.45, 2.75) is 0 Å². The summed E-state index contributed by atoms with van der Waals surface area (Å²) in [7, 11) is 1.18. The summed E-state index contributed by atoms with van der Waals surface area (Å²) in [6.07, 6.45) is 1.90. The van der Waals surface area contributed by atoms with E-state index in [9.17, 15) is 0 Å². The van der Waals surface area contributed by atoms with Crippen molar-refractivity contribution in [3.05, 3.63) is 72.3 Å². The predicted molar refractivity (Wildman–Crippen MR) is 111 cm³/mol. The summed E-state index contributed by atoms with van der Waals surface area (Å²) in [5.74, 6) is 0.834. The summed E-state index contributed by atoms with van der Waals surface area (Å²) in [6, 6.07) is 22.6. The molecule has 0 fully saturated rings. The monoisotopic (exact) mass is 443 g/mol. The number of rotatable bonds is 3. The summed E-state index contributed by atoms with van der Waals surface area (Å²) in [4.78, 5) is 9.04. The Balaban J connectivity index is 0.000000491. The molecular weight excluding hydrogens is 422 g/mol. The van der Waals surface area contributed by atoms with Gasteiger partial charge in [-0.15, -0.1) is 0 Å². The maximum Gasteiger partial charge on any atom is 0.119 e. The van der Waals surface area contributed by atoms with Crippen molar-refractivity contribution in [1.82, 2.24) is 0 Å². The van der Waals surface area contributed by atoms with Crippen LogP contribution < -0.4 is 28.5 Å². The summed E-state index contributed by atoms with van der Waals surface area (Å²) < 4.78 is 37.9. The van der Waals surface area contributed by atoms with Crippen LogP contribution in [0.25, 0.3) is 0 Å². The molecule has 1 aliphatic heterocycles. The molecular formula is C22H22ClN3O5. The minimum Gasteiger partial charge on any atom is -0.497 e. The largest absolute Gasteiger partial charge is 0.497 e. The van der Waals surface area contributed by atoms with E-state index < -0.39 is 10.2 Å². The van der Waals surface area contributed by atoms with Crippen molar-refractivity contribution >= 4 is 34.7 Å². The van der Waals surface area contributed by atoms with Gasteiger partial charge in [0.2, 0.25) is 0 Å². The van der Waals surface area contributed by atoms with Gasteiger partial charge in [-0.2, -0.15) is 14.0 Å². The average Bonchev–Trinajstić information content (AvgIpc) is 2.75. The Morgan fingerprint density at radius 1 is 0.839 bits per heavy atom. The van der Waals surface area contributed by atoms with Crippen molar-refractivity contribution in [3.8, 4) is 5.75 Å². The number of para-hydroxylation sites is 2. The van der Waals surface area contributed by atoms with E-state index in [0.29, 0.717) is 0 Å². The molecule has 0 aliphatic carbocycles. The minimum absolute atomic E-state index is 0.834. The van der Waals surface area contributed by atoms with Crippen LogP contribution in [-0.2, 0) is 0 Å². The second-order valence-electron chi connectivity index (χ2n) is 6.71. The van der Waals surface area contributed by atoms with Gasteiger partial charge in [0.25, 0.3) is 0 Å². The van der Waals surface area contributed by atoms with Crippen LogP contribution in [-0.4, -0.2) is 32.1 Å². The van der Waals surface area contributed by atoms with E-state index >= 15 is 0 Å². The van der Waals surface area contributed by atoms with E-state index in [0.717, 1.165) is 17.0 Å². The van der Waals surface area contributed by atoms with E-state index in [4.69, 9.17) is 23.4 Å². The van der Waals surface area contributed by atoms with Gasteiger partial charge in [-0.25, -0.2) is 0 Å². The number of hydrogen-bond acceptors (Lipinski definition) is 8. The van der Waals surface area contributed by atoms with Gasteiger partial charge < -0.3 is 14.5 Å². The second-order valence-corrected chi connectivity index (χ2v) is 7.50. The molecule has 3 aromatic rings. The van der Waals surface area contributed by atoms with E-state index in [1.54, 1.807) is 7.11 Å². The maximum atomic E-state index is 8.60. The van der Waals surface area contributed by atoms with Gasteiger partial charge in [0.1, 0.15) is 5.75 Å². The molecule has 0 bridgehead atoms. The molecule has 1 N–H and O–H groups in total. The van der Waals surface area contributed by atoms with Gasteiger partial charge >= 0.3 is 0 Å². The van der Waals surface area contributed by atoms with Gasteiger partial charge in [-0.3, -0.25) is 4.99 Å². The molecule has 31 heavy (non-hydrogen) atoms. The molecule has 4 rings (SSSR count). The summed E-state index contributed by atoms with van der Waals surface area (Å²) in [5, 5.41) is 0. The highest BCUT2D eigenvalue weighted by atomic mass is 35.7. The molecule has 162 valence electrons. The van der Waals surface area contributed by atoms with Crippen molar-refractivity contribution in [2.24, 2.45) is 4.99 Å². The number of aliphatic imine (C=N–C) groups is 1. The number of ether oxygens (including phenoxy) is 1. The zero-order valence-electron chi connectivity index (χ0n) is 17.2. The van der Waals surface area contributed by atoms with E-state index in [-0.39, 0.29) is 0 Å². The lowest BCUT2D eigenvalue weighted by atomic mass is 10.1. The maximum absolute atomic E-state index is 8.60. The Kier molecular flexibility index (Phi) is 6.79. The average molecular weight is 444 g/mol. The molecule has 0 amide bonds. The third-order valence-corrected chi connectivity index (χ3v) is 4.76. The van der Waals surface area contributed by atoms with Gasteiger partial charge in [0.15, 0.2) is 0 Å². The first-order valence-electron chi connectivity index (χ1n) is 9.19. The molecule has 0 aromatic heterocycles. The van der Waals surface area contributed by atoms with Crippen LogP contribution >= 0.6 is 0 Å². The first kappa shape index (κ1) is 22.5. The fourth-order valence-electron chi connectivity index (χ4n) is 3.28. The Hall–Kier alpha value is -3.14. The molecule has 1 aliphatic rings. The number of anilines is 4. The number of benzene rings is 3. The minimum atomic E-state index is -4.69. The van der Waals surface area contributed by atoms with Crippen molar-refractivity contribution in [3.63, 3.8) is 0 Å². The van der Waals surface area contributed by atoms with Crippen LogP contribution in [0.5, 0.6) is 5.75 Å². The van der Waals surface area contributed by atoms with Crippen LogP contribution in [0.4, 0.5) is 28.4 Å². The molecule has 0 spiro atoms. The highest BCUT2D eigenvalue weighted by Gasteiger charge is 2.23. The number of nitrogens with zero attached hydrogens (tertiary/aromatic N) is 3. The fraction of sp³-hybridized carbons (Fsp3) is 0.136. The number of hydrogen-bond donors (Lipinski definition) is 1. The molecule has 1 heterocycles. The van der Waals surface area contributed by atoms with E-state index in [1.165, 1.54) is 22.7 Å². The highest BCUT2D eigenvalue weighted by molar-refractivity contribution is 5.95. The van der Waals surface area contributed by atoms with Gasteiger partial charge in [0, 0.05) is 20.3 Å². The fourth-order valence-corrected chi connectivity index (χ4v) is 3.28. The molecule has 0 saturated heterocycles. The third kappa shape index (κ3) is 5.72. The summed E-state index contributed by atoms with van der Waals surface area (Å²) >= 11 is 0. The Morgan fingerprint density at radius 3 is 1.90 bits per heavy atom. The lowest BCUT2D eigenvalue weighted by Crippen LogP contribution is -2.58. The van der Waals surface area contributed by atoms with Crippen LogP contribution in [0.3, 0.4) is 0 Å². The van der Waals surface area contributed by atoms with Gasteiger partial charge in [-0.05, 0) is 54.1 Å². The van der Waals surface area contributed by atoms with Gasteiger partial charge in [-0.1, -0.05) is 18.2 Å². The van der Waals surface area contributed by atoms with E-state index in [1.807, 2.05) is 30.5 Å². The summed E-state index contributed by atoms with van der Waals surface area (Å²) in [5.41, 5.74) is 6.74. The highest BCUT2D eigenvalue weighted by Crippen LogP contribution is 2.46. The Labute approximate surface area is 182 Å². The number of halogens is 1. The zero-order chi connectivity index (χ0) is 22.6. The lowest BCUT2D eigenvalue weighted by Gasteiger charge is -2.36. The normalized spacial score (nSPS) is 12.7. The molecule has 8 nitrogen and oxygen atoms in total. The Morgan fingerprint density at radius 2 is 1.35 bits per heavy atom. The van der Waals surface area contributed by atoms with E-state index in [2.05, 4.69) is 71.4 Å². The predicted octanol–water partition coefficient (Wildman–Crippen LogP) is 1.17. The molecule has 3 aromatic carbocycles. The van der Waals surface area contributed by atoms with Crippen LogP contribution in [0.15, 0.2) is 71.7 Å². The number of fused-ring (bicyclic) bond motifs is 2. The molecule has 0 saturated carbocycles. The first-order chi connectivity index (χ1) is 14.7. The van der Waals surface area contributed by atoms with Crippen LogP contribution in [0.1, 0.15) is 5.56 Å². The molecule has 0 unspecified atom stereocenters. The van der Waals surface area contributed by atoms with Crippen LogP contribution in [0.2, 0.25) is 0 Å². The molecule has 0 atom stereocenters. The molecule has 0 radical (unpaired) electrons. The standard InChI is InChI=1S/C22H21N3O.ClHO4/c1-24-19-6-4-5-7-20(19)25(2)22-14-16(8-13-21(22)24)15-23-17-9-11-18(26-3)12-10-17;2-1(3,4)5/h4-15H,1-3H3;(H,2,3,4,5). The number of methoxy groups -OCH3 is 1. The molecule has 9 heteroatoms. The Bertz CT molecular complexity index is 1060. The van der Waals surface area contributed by atoms with Crippen molar-refractivity contribution < 1.29 is 33.6 Å². The SMILES string of the molecule is COc1ccc(N=Cc2ccc3c(c2)N(C)c2ccccc2N3C)cc1.[O-][Cl+3]([O-])([O-])O.